The van der Waals surface area contributed by atoms with E-state index in [0.717, 1.165) is 9.09 Å². The molecular formula is C18H14ClNO4S2. The molecule has 0 fully saturated rings. The second-order valence-corrected chi connectivity index (χ2v) is 7.75. The lowest BCUT2D eigenvalue weighted by molar-refractivity contribution is 0.0597. The molecule has 0 aliphatic heterocycles. The van der Waals surface area contributed by atoms with Crippen molar-refractivity contribution in [3.05, 3.63) is 59.1 Å². The molecule has 3 N–H and O–H groups in total. The van der Waals surface area contributed by atoms with Crippen LogP contribution in [0.2, 0.25) is 5.02 Å². The van der Waals surface area contributed by atoms with Crippen LogP contribution in [0, 0.1) is 0 Å². The quantitative estimate of drug-likeness (QED) is 0.389. The minimum atomic E-state index is -0.598. The summed E-state index contributed by atoms with van der Waals surface area (Å²) in [7, 11) is 1.26. The summed E-state index contributed by atoms with van der Waals surface area (Å²) in [6.45, 7) is 0. The predicted octanol–water partition coefficient (Wildman–Crippen LogP) is 5.39. The van der Waals surface area contributed by atoms with Gasteiger partial charge >= 0.3 is 5.97 Å². The molecule has 0 atom stereocenters. The highest BCUT2D eigenvalue weighted by molar-refractivity contribution is 8.02. The molecule has 5 nitrogen and oxygen atoms in total. The van der Waals surface area contributed by atoms with E-state index in [-0.39, 0.29) is 17.1 Å². The van der Waals surface area contributed by atoms with Gasteiger partial charge in [-0.1, -0.05) is 23.7 Å². The Balaban J connectivity index is 1.75. The number of benzene rings is 2. The Morgan fingerprint density at radius 1 is 1.15 bits per heavy atom. The lowest BCUT2D eigenvalue weighted by atomic mass is 10.2. The molecule has 0 amide bonds. The third kappa shape index (κ3) is 3.90. The van der Waals surface area contributed by atoms with E-state index < -0.39 is 5.97 Å². The van der Waals surface area contributed by atoms with Crippen molar-refractivity contribution in [1.82, 2.24) is 0 Å². The van der Waals surface area contributed by atoms with Gasteiger partial charge in [0, 0.05) is 17.3 Å². The molecule has 0 spiro atoms. The highest BCUT2D eigenvalue weighted by Gasteiger charge is 2.14. The average Bonchev–Trinajstić information content (AvgIpc) is 3.00. The topological polar surface area (TPSA) is 78.8 Å². The number of aromatic hydroxyl groups is 2. The summed E-state index contributed by atoms with van der Waals surface area (Å²) in [6.07, 6.45) is 0. The zero-order valence-electron chi connectivity index (χ0n) is 13.5. The minimum Gasteiger partial charge on any atom is -0.507 e. The van der Waals surface area contributed by atoms with Crippen molar-refractivity contribution in [2.45, 2.75) is 4.21 Å². The molecule has 26 heavy (non-hydrogen) atoms. The molecule has 0 saturated carbocycles. The van der Waals surface area contributed by atoms with Crippen LogP contribution in [0.4, 0.5) is 5.69 Å². The lowest BCUT2D eigenvalue weighted by Crippen LogP contribution is -2.01. The van der Waals surface area contributed by atoms with Crippen LogP contribution in [0.3, 0.4) is 0 Å². The summed E-state index contributed by atoms with van der Waals surface area (Å²) in [5.74, 6) is -0.593. The zero-order valence-corrected chi connectivity index (χ0v) is 15.9. The molecule has 3 rings (SSSR count). The highest BCUT2D eigenvalue weighted by atomic mass is 35.5. The highest BCUT2D eigenvalue weighted by Crippen LogP contribution is 2.43. The number of ether oxygens (including phenoxy) is 1. The van der Waals surface area contributed by atoms with Crippen LogP contribution in [-0.2, 0) is 4.74 Å². The summed E-state index contributed by atoms with van der Waals surface area (Å²) in [4.78, 5) is 12.3. The SMILES string of the molecule is COC(=O)c1ccc(NSc2cc(Cl)c(-c3ccccc3O)s2)cc1O. The van der Waals surface area contributed by atoms with Crippen LogP contribution in [0.25, 0.3) is 10.4 Å². The zero-order chi connectivity index (χ0) is 18.7. The molecule has 8 heteroatoms. The molecule has 0 saturated heterocycles. The smallest absolute Gasteiger partial charge is 0.341 e. The van der Waals surface area contributed by atoms with Crippen molar-refractivity contribution >= 4 is 46.5 Å². The van der Waals surface area contributed by atoms with Gasteiger partial charge in [-0.15, -0.1) is 11.3 Å². The van der Waals surface area contributed by atoms with Crippen molar-refractivity contribution in [3.8, 4) is 21.9 Å². The number of hydrogen-bond donors (Lipinski definition) is 3. The molecule has 0 radical (unpaired) electrons. The third-order valence-electron chi connectivity index (χ3n) is 3.49. The van der Waals surface area contributed by atoms with Crippen LogP contribution >= 0.6 is 34.9 Å². The lowest BCUT2D eigenvalue weighted by Gasteiger charge is -2.07. The molecule has 0 bridgehead atoms. The number of carbonyl (C=O) groups excluding carboxylic acids is 1. The van der Waals surface area contributed by atoms with Gasteiger partial charge in [0.2, 0.25) is 0 Å². The van der Waals surface area contributed by atoms with E-state index in [4.69, 9.17) is 11.6 Å². The number of halogens is 1. The maximum Gasteiger partial charge on any atom is 0.341 e. The maximum atomic E-state index is 11.5. The molecular weight excluding hydrogens is 394 g/mol. The second kappa shape index (κ2) is 7.90. The Bertz CT molecular complexity index is 958. The number of thiophene rings is 1. The number of anilines is 1. The Labute approximate surface area is 163 Å². The van der Waals surface area contributed by atoms with Crippen molar-refractivity contribution in [3.63, 3.8) is 0 Å². The van der Waals surface area contributed by atoms with Crippen molar-refractivity contribution < 1.29 is 19.7 Å². The molecule has 1 aromatic heterocycles. The Hall–Kier alpha value is -2.35. The van der Waals surface area contributed by atoms with Crippen molar-refractivity contribution in [2.24, 2.45) is 0 Å². The van der Waals surface area contributed by atoms with E-state index in [1.807, 2.05) is 6.07 Å². The first-order valence-corrected chi connectivity index (χ1v) is 9.42. The summed E-state index contributed by atoms with van der Waals surface area (Å²) in [6, 6.07) is 13.4. The first-order chi connectivity index (χ1) is 12.5. The van der Waals surface area contributed by atoms with Gasteiger partial charge < -0.3 is 19.7 Å². The van der Waals surface area contributed by atoms with Gasteiger partial charge in [0.15, 0.2) is 0 Å². The summed E-state index contributed by atoms with van der Waals surface area (Å²) in [5, 5.41) is 20.5. The Morgan fingerprint density at radius 2 is 1.92 bits per heavy atom. The van der Waals surface area contributed by atoms with E-state index in [1.54, 1.807) is 30.3 Å². The fourth-order valence-corrected chi connectivity index (χ4v) is 4.57. The number of phenolic OH excluding ortho intramolecular Hbond substituents is 2. The Kier molecular flexibility index (Phi) is 5.61. The summed E-state index contributed by atoms with van der Waals surface area (Å²) < 4.78 is 8.56. The van der Waals surface area contributed by atoms with Crippen LogP contribution in [0.1, 0.15) is 10.4 Å². The number of rotatable bonds is 5. The third-order valence-corrected chi connectivity index (χ3v) is 6.02. The number of esters is 1. The van der Waals surface area contributed by atoms with E-state index >= 15 is 0 Å². The van der Waals surface area contributed by atoms with Gasteiger partial charge in [-0.25, -0.2) is 4.79 Å². The summed E-state index contributed by atoms with van der Waals surface area (Å²) in [5.41, 5.74) is 1.40. The number of hydrogen-bond acceptors (Lipinski definition) is 7. The first-order valence-electron chi connectivity index (χ1n) is 7.41. The molecule has 0 unspecified atom stereocenters. The largest absolute Gasteiger partial charge is 0.507 e. The van der Waals surface area contributed by atoms with Crippen LogP contribution < -0.4 is 4.72 Å². The van der Waals surface area contributed by atoms with Gasteiger partial charge in [-0.05, 0) is 42.3 Å². The summed E-state index contributed by atoms with van der Waals surface area (Å²) >= 11 is 9.04. The first kappa shape index (κ1) is 18.4. The fourth-order valence-electron chi connectivity index (χ4n) is 2.23. The fraction of sp³-hybridized carbons (Fsp3) is 0.0556. The number of methoxy groups -OCH3 is 1. The standard InChI is InChI=1S/C18H14ClNO4S2/c1-24-18(23)12-7-6-10(8-15(12)22)20-26-16-9-13(19)17(25-16)11-4-2-3-5-14(11)21/h2-9,20-22H,1H3. The van der Waals surface area contributed by atoms with Crippen LogP contribution in [-0.4, -0.2) is 23.3 Å². The van der Waals surface area contributed by atoms with E-state index in [1.165, 1.54) is 42.5 Å². The molecule has 0 aliphatic rings. The van der Waals surface area contributed by atoms with Crippen molar-refractivity contribution in [2.75, 3.05) is 11.8 Å². The van der Waals surface area contributed by atoms with Gasteiger partial charge in [-0.3, -0.25) is 0 Å². The number of phenols is 2. The number of para-hydroxylation sites is 1. The average molecular weight is 408 g/mol. The molecule has 1 heterocycles. The molecule has 134 valence electrons. The van der Waals surface area contributed by atoms with Gasteiger partial charge in [-0.2, -0.15) is 0 Å². The van der Waals surface area contributed by atoms with Gasteiger partial charge in [0.05, 0.1) is 21.2 Å². The van der Waals surface area contributed by atoms with E-state index in [0.29, 0.717) is 16.3 Å². The maximum absolute atomic E-state index is 11.5. The molecule has 2 aromatic carbocycles. The van der Waals surface area contributed by atoms with Crippen molar-refractivity contribution in [1.29, 1.82) is 0 Å². The second-order valence-electron chi connectivity index (χ2n) is 5.19. The molecule has 0 aliphatic carbocycles. The monoisotopic (exact) mass is 407 g/mol. The van der Waals surface area contributed by atoms with Gasteiger partial charge in [0.25, 0.3) is 0 Å². The minimum absolute atomic E-state index is 0.101. The normalized spacial score (nSPS) is 10.5. The Morgan fingerprint density at radius 3 is 2.62 bits per heavy atom. The number of nitrogens with one attached hydrogen (secondary N) is 1. The van der Waals surface area contributed by atoms with Crippen LogP contribution in [0.15, 0.2) is 52.7 Å². The van der Waals surface area contributed by atoms with E-state index in [2.05, 4.69) is 9.46 Å². The van der Waals surface area contributed by atoms with Gasteiger partial charge in [0.1, 0.15) is 17.1 Å². The van der Waals surface area contributed by atoms with Crippen LogP contribution in [0.5, 0.6) is 11.5 Å². The predicted molar refractivity (Wildman–Crippen MR) is 105 cm³/mol. The molecule has 3 aromatic rings. The number of carbonyl (C=O) groups is 1. The van der Waals surface area contributed by atoms with E-state index in [9.17, 15) is 15.0 Å².